The van der Waals surface area contributed by atoms with Crippen LogP contribution in [0.15, 0.2) is 42.7 Å². The van der Waals surface area contributed by atoms with Gasteiger partial charge in [0.05, 0.1) is 18.1 Å². The van der Waals surface area contributed by atoms with Crippen molar-refractivity contribution in [3.05, 3.63) is 65.5 Å². The third-order valence-electron chi connectivity index (χ3n) is 3.69. The van der Waals surface area contributed by atoms with Crippen LogP contribution in [0.4, 0.5) is 10.2 Å². The summed E-state index contributed by atoms with van der Waals surface area (Å²) in [5.41, 5.74) is 2.96. The largest absolute Gasteiger partial charge is 0.369 e. The fourth-order valence-corrected chi connectivity index (χ4v) is 2.61. The second-order valence-corrected chi connectivity index (χ2v) is 5.76. The number of nitrogens with one attached hydrogen (secondary N) is 1. The minimum Gasteiger partial charge on any atom is -0.369 e. The zero-order valence-electron chi connectivity index (χ0n) is 13.8. The van der Waals surface area contributed by atoms with Crippen molar-refractivity contribution in [2.75, 3.05) is 11.9 Å². The molecule has 0 saturated carbocycles. The van der Waals surface area contributed by atoms with Crippen molar-refractivity contribution in [3.8, 4) is 5.82 Å². The van der Waals surface area contributed by atoms with E-state index >= 15 is 0 Å². The molecule has 2 heterocycles. The summed E-state index contributed by atoms with van der Waals surface area (Å²) in [6, 6.07) is 8.71. The molecule has 0 unspecified atom stereocenters. The summed E-state index contributed by atoms with van der Waals surface area (Å²) in [6.07, 6.45) is 5.08. The van der Waals surface area contributed by atoms with Crippen LogP contribution in [0, 0.1) is 19.7 Å². The van der Waals surface area contributed by atoms with Gasteiger partial charge in [-0.05, 0) is 50.5 Å². The Morgan fingerprint density at radius 2 is 2.04 bits per heavy atom. The fraction of sp³-hybridized carbons (Fsp3) is 0.278. The van der Waals surface area contributed by atoms with Gasteiger partial charge in [-0.2, -0.15) is 5.10 Å². The number of aromatic nitrogens is 4. The average molecular weight is 325 g/mol. The molecule has 0 fully saturated rings. The molecule has 0 aliphatic rings. The van der Waals surface area contributed by atoms with Gasteiger partial charge in [-0.3, -0.25) is 4.98 Å². The fourth-order valence-electron chi connectivity index (χ4n) is 2.61. The molecular formula is C18H20FN5. The second kappa shape index (κ2) is 7.21. The molecule has 0 aliphatic heterocycles. The normalized spacial score (nSPS) is 10.8. The summed E-state index contributed by atoms with van der Waals surface area (Å²) in [6.45, 7) is 4.68. The summed E-state index contributed by atoms with van der Waals surface area (Å²) in [4.78, 5) is 8.77. The van der Waals surface area contributed by atoms with E-state index in [4.69, 9.17) is 0 Å². The van der Waals surface area contributed by atoms with Crippen molar-refractivity contribution in [3.63, 3.8) is 0 Å². The molecule has 6 heteroatoms. The minimum atomic E-state index is -0.191. The quantitative estimate of drug-likeness (QED) is 0.705. The lowest BCUT2D eigenvalue weighted by atomic mass is 10.1. The van der Waals surface area contributed by atoms with Gasteiger partial charge in [0.2, 0.25) is 0 Å². The average Bonchev–Trinajstić information content (AvgIpc) is 2.90. The van der Waals surface area contributed by atoms with Crippen LogP contribution in [0.2, 0.25) is 0 Å². The number of rotatable bonds is 6. The third kappa shape index (κ3) is 3.95. The van der Waals surface area contributed by atoms with Gasteiger partial charge in [0, 0.05) is 12.2 Å². The van der Waals surface area contributed by atoms with Crippen molar-refractivity contribution >= 4 is 5.82 Å². The molecule has 0 bridgehead atoms. The Kier molecular flexibility index (Phi) is 4.84. The highest BCUT2D eigenvalue weighted by Gasteiger charge is 2.06. The zero-order valence-corrected chi connectivity index (χ0v) is 13.8. The lowest BCUT2D eigenvalue weighted by molar-refractivity contribution is 0.624. The van der Waals surface area contributed by atoms with Crippen LogP contribution in [-0.2, 0) is 6.42 Å². The molecular weight excluding hydrogens is 305 g/mol. The summed E-state index contributed by atoms with van der Waals surface area (Å²) in [5.74, 6) is 1.21. The molecule has 1 aromatic carbocycles. The molecule has 0 amide bonds. The molecule has 0 saturated heterocycles. The van der Waals surface area contributed by atoms with Crippen molar-refractivity contribution in [2.24, 2.45) is 0 Å². The van der Waals surface area contributed by atoms with Gasteiger partial charge >= 0.3 is 0 Å². The zero-order chi connectivity index (χ0) is 16.9. The first kappa shape index (κ1) is 16.1. The Labute approximate surface area is 140 Å². The van der Waals surface area contributed by atoms with Gasteiger partial charge in [-0.25, -0.2) is 14.1 Å². The first-order valence-electron chi connectivity index (χ1n) is 7.96. The number of anilines is 1. The molecule has 0 aliphatic carbocycles. The van der Waals surface area contributed by atoms with Crippen LogP contribution < -0.4 is 5.32 Å². The Hall–Kier alpha value is -2.76. The number of hydrogen-bond donors (Lipinski definition) is 1. The first-order valence-corrected chi connectivity index (χ1v) is 7.96. The Balaban J connectivity index is 1.58. The summed E-state index contributed by atoms with van der Waals surface area (Å²) < 4.78 is 14.9. The molecule has 124 valence electrons. The van der Waals surface area contributed by atoms with Gasteiger partial charge in [0.15, 0.2) is 5.82 Å². The SMILES string of the molecule is Cc1cc(C)n(-c2cncc(NCCCc3cccc(F)c3)n2)n1. The van der Waals surface area contributed by atoms with Gasteiger partial charge in [-0.15, -0.1) is 0 Å². The molecule has 0 radical (unpaired) electrons. The molecule has 3 aromatic rings. The number of hydrogen-bond acceptors (Lipinski definition) is 4. The summed E-state index contributed by atoms with van der Waals surface area (Å²) in [7, 11) is 0. The van der Waals surface area contributed by atoms with Crippen LogP contribution in [0.5, 0.6) is 0 Å². The summed E-state index contributed by atoms with van der Waals surface area (Å²) >= 11 is 0. The van der Waals surface area contributed by atoms with Crippen LogP contribution in [0.1, 0.15) is 23.4 Å². The Morgan fingerprint density at radius 1 is 1.17 bits per heavy atom. The molecule has 0 spiro atoms. The van der Waals surface area contributed by atoms with E-state index in [-0.39, 0.29) is 5.82 Å². The predicted octanol–water partition coefficient (Wildman–Crippen LogP) is 3.46. The van der Waals surface area contributed by atoms with E-state index < -0.39 is 0 Å². The number of nitrogens with zero attached hydrogens (tertiary/aromatic N) is 4. The van der Waals surface area contributed by atoms with Gasteiger partial charge in [-0.1, -0.05) is 12.1 Å². The third-order valence-corrected chi connectivity index (χ3v) is 3.69. The molecule has 3 rings (SSSR count). The Morgan fingerprint density at radius 3 is 2.79 bits per heavy atom. The molecule has 2 aromatic heterocycles. The lowest BCUT2D eigenvalue weighted by Gasteiger charge is -2.08. The van der Waals surface area contributed by atoms with Crippen LogP contribution in [0.3, 0.4) is 0 Å². The standard InChI is InChI=1S/C18H20FN5/c1-13-9-14(2)24(23-13)18-12-20-11-17(22-18)21-8-4-6-15-5-3-7-16(19)10-15/h3,5,7,9-12H,4,6,8H2,1-2H3,(H,21,22). The van der Waals surface area contributed by atoms with E-state index in [1.165, 1.54) is 6.07 Å². The molecule has 1 N–H and O–H groups in total. The predicted molar refractivity (Wildman–Crippen MR) is 91.8 cm³/mol. The summed E-state index contributed by atoms with van der Waals surface area (Å²) in [5, 5.41) is 7.67. The van der Waals surface area contributed by atoms with Gasteiger partial charge in [0.1, 0.15) is 11.6 Å². The van der Waals surface area contributed by atoms with E-state index in [9.17, 15) is 4.39 Å². The van der Waals surface area contributed by atoms with Crippen molar-refractivity contribution < 1.29 is 4.39 Å². The monoisotopic (exact) mass is 325 g/mol. The smallest absolute Gasteiger partial charge is 0.174 e. The highest BCUT2D eigenvalue weighted by atomic mass is 19.1. The molecule has 24 heavy (non-hydrogen) atoms. The lowest BCUT2D eigenvalue weighted by Crippen LogP contribution is -2.08. The maximum Gasteiger partial charge on any atom is 0.174 e. The van der Waals surface area contributed by atoms with Gasteiger partial charge < -0.3 is 5.32 Å². The van der Waals surface area contributed by atoms with E-state index in [2.05, 4.69) is 20.4 Å². The second-order valence-electron chi connectivity index (χ2n) is 5.76. The molecule has 5 nitrogen and oxygen atoms in total. The highest BCUT2D eigenvalue weighted by molar-refractivity contribution is 5.36. The number of halogens is 1. The molecule has 0 atom stereocenters. The number of benzene rings is 1. The van der Waals surface area contributed by atoms with Gasteiger partial charge in [0.25, 0.3) is 0 Å². The van der Waals surface area contributed by atoms with Crippen LogP contribution in [-0.4, -0.2) is 26.3 Å². The minimum absolute atomic E-state index is 0.191. The van der Waals surface area contributed by atoms with E-state index in [0.29, 0.717) is 11.6 Å². The van der Waals surface area contributed by atoms with E-state index in [0.717, 1.165) is 36.3 Å². The van der Waals surface area contributed by atoms with Crippen molar-refractivity contribution in [1.29, 1.82) is 0 Å². The first-order chi connectivity index (χ1) is 11.6. The maximum absolute atomic E-state index is 13.1. The van der Waals surface area contributed by atoms with Crippen molar-refractivity contribution in [2.45, 2.75) is 26.7 Å². The van der Waals surface area contributed by atoms with Crippen LogP contribution in [0.25, 0.3) is 5.82 Å². The maximum atomic E-state index is 13.1. The highest BCUT2D eigenvalue weighted by Crippen LogP contribution is 2.11. The topological polar surface area (TPSA) is 55.6 Å². The van der Waals surface area contributed by atoms with E-state index in [1.807, 2.05) is 26.0 Å². The Bertz CT molecular complexity index is 828. The van der Waals surface area contributed by atoms with Crippen molar-refractivity contribution in [1.82, 2.24) is 19.7 Å². The number of aryl methyl sites for hydroxylation is 3. The van der Waals surface area contributed by atoms with Crippen LogP contribution >= 0.6 is 0 Å². The van der Waals surface area contributed by atoms with E-state index in [1.54, 1.807) is 29.2 Å².